The highest BCUT2D eigenvalue weighted by atomic mass is 35.5. The molecule has 0 bridgehead atoms. The van der Waals surface area contributed by atoms with Crippen molar-refractivity contribution < 1.29 is 9.90 Å². The largest absolute Gasteiger partial charge is 0.481 e. The van der Waals surface area contributed by atoms with Gasteiger partial charge in [-0.2, -0.15) is 0 Å². The van der Waals surface area contributed by atoms with Gasteiger partial charge < -0.3 is 16.6 Å². The van der Waals surface area contributed by atoms with Gasteiger partial charge >= 0.3 is 5.97 Å². The van der Waals surface area contributed by atoms with Gasteiger partial charge in [0.15, 0.2) is 0 Å². The fourth-order valence-electron chi connectivity index (χ4n) is 0.633. The molecule has 0 aromatic rings. The van der Waals surface area contributed by atoms with Crippen LogP contribution in [0.15, 0.2) is 0 Å². The summed E-state index contributed by atoms with van der Waals surface area (Å²) in [5.74, 6) is -0.774. The van der Waals surface area contributed by atoms with Gasteiger partial charge in [-0.3, -0.25) is 4.79 Å². The summed E-state index contributed by atoms with van der Waals surface area (Å²) in [6.07, 6.45) is 1.50. The summed E-state index contributed by atoms with van der Waals surface area (Å²) < 4.78 is 0. The van der Waals surface area contributed by atoms with E-state index < -0.39 is 5.97 Å². The molecule has 1 atom stereocenters. The molecule has 12 heavy (non-hydrogen) atoms. The fourth-order valence-corrected chi connectivity index (χ4v) is 0.633. The Bertz CT molecular complexity index is 114. The molecular formula is C6H16Cl2N2O2. The number of hydrogen-bond donors (Lipinski definition) is 3. The first-order valence-electron chi connectivity index (χ1n) is 3.34. The average molecular weight is 219 g/mol. The zero-order chi connectivity index (χ0) is 7.98. The average Bonchev–Trinajstić information content (AvgIpc) is 1.87. The molecule has 0 aromatic carbocycles. The number of rotatable bonds is 5. The van der Waals surface area contributed by atoms with Gasteiger partial charge in [0.05, 0.1) is 0 Å². The summed E-state index contributed by atoms with van der Waals surface area (Å²) >= 11 is 0. The van der Waals surface area contributed by atoms with E-state index in [2.05, 4.69) is 0 Å². The molecule has 0 fully saturated rings. The maximum Gasteiger partial charge on any atom is 0.303 e. The molecule has 0 heterocycles. The van der Waals surface area contributed by atoms with Gasteiger partial charge in [-0.25, -0.2) is 0 Å². The molecule has 76 valence electrons. The van der Waals surface area contributed by atoms with Crippen LogP contribution in [0.5, 0.6) is 0 Å². The maximum atomic E-state index is 10.00. The Labute approximate surface area is 84.5 Å². The van der Waals surface area contributed by atoms with Gasteiger partial charge in [0.1, 0.15) is 0 Å². The van der Waals surface area contributed by atoms with Gasteiger partial charge in [0.25, 0.3) is 0 Å². The molecule has 0 rings (SSSR count). The van der Waals surface area contributed by atoms with E-state index >= 15 is 0 Å². The predicted octanol–water partition coefficient (Wildman–Crippen LogP) is 0.371. The Balaban J connectivity index is -0.000000405. The minimum Gasteiger partial charge on any atom is -0.481 e. The van der Waals surface area contributed by atoms with Gasteiger partial charge in [-0.15, -0.1) is 24.8 Å². The first-order chi connectivity index (χ1) is 4.66. The third-order valence-electron chi connectivity index (χ3n) is 1.27. The van der Waals surface area contributed by atoms with Crippen LogP contribution in [-0.4, -0.2) is 23.7 Å². The van der Waals surface area contributed by atoms with Crippen LogP contribution in [0.2, 0.25) is 0 Å². The zero-order valence-corrected chi connectivity index (χ0v) is 8.37. The summed E-state index contributed by atoms with van der Waals surface area (Å²) in [6, 6.07) is -0.0423. The first kappa shape index (κ1) is 17.9. The highest BCUT2D eigenvalue weighted by Crippen LogP contribution is 1.96. The molecule has 0 aliphatic rings. The molecule has 0 radical (unpaired) electrons. The smallest absolute Gasteiger partial charge is 0.303 e. The Morgan fingerprint density at radius 1 is 1.42 bits per heavy atom. The monoisotopic (exact) mass is 218 g/mol. The quantitative estimate of drug-likeness (QED) is 0.623. The standard InChI is InChI=1S/C6H14N2O2.2ClH/c7-4-5(8)2-1-3-6(9)10;;/h5H,1-4,7-8H2,(H,9,10);2*1H/t5-;;/m0../s1. The van der Waals surface area contributed by atoms with E-state index in [0.29, 0.717) is 19.4 Å². The van der Waals surface area contributed by atoms with Gasteiger partial charge in [0, 0.05) is 19.0 Å². The van der Waals surface area contributed by atoms with Crippen molar-refractivity contribution in [2.24, 2.45) is 11.5 Å². The Kier molecular flexibility index (Phi) is 16.4. The Morgan fingerprint density at radius 3 is 2.25 bits per heavy atom. The van der Waals surface area contributed by atoms with E-state index in [9.17, 15) is 4.79 Å². The van der Waals surface area contributed by atoms with Crippen molar-refractivity contribution in [3.05, 3.63) is 0 Å². The van der Waals surface area contributed by atoms with E-state index in [1.807, 2.05) is 0 Å². The summed E-state index contributed by atoms with van der Waals surface area (Å²) in [4.78, 5) is 10.00. The van der Waals surface area contributed by atoms with Gasteiger partial charge in [0.2, 0.25) is 0 Å². The van der Waals surface area contributed by atoms with Crippen LogP contribution in [0, 0.1) is 0 Å². The molecule has 0 spiro atoms. The minimum atomic E-state index is -0.774. The zero-order valence-electron chi connectivity index (χ0n) is 6.73. The number of hydrogen-bond acceptors (Lipinski definition) is 3. The van der Waals surface area contributed by atoms with E-state index in [0.717, 1.165) is 0 Å². The second kappa shape index (κ2) is 11.0. The SMILES string of the molecule is Cl.Cl.NC[C@@H](N)CCCC(=O)O. The predicted molar refractivity (Wildman–Crippen MR) is 53.0 cm³/mol. The number of carboxylic acids is 1. The maximum absolute atomic E-state index is 10.00. The van der Waals surface area contributed by atoms with Crippen LogP contribution in [-0.2, 0) is 4.79 Å². The lowest BCUT2D eigenvalue weighted by Crippen LogP contribution is -2.29. The van der Waals surface area contributed by atoms with Crippen LogP contribution < -0.4 is 11.5 Å². The molecule has 4 nitrogen and oxygen atoms in total. The lowest BCUT2D eigenvalue weighted by molar-refractivity contribution is -0.137. The second-order valence-electron chi connectivity index (χ2n) is 2.28. The molecule has 0 aliphatic carbocycles. The van der Waals surface area contributed by atoms with Gasteiger partial charge in [-0.1, -0.05) is 0 Å². The van der Waals surface area contributed by atoms with Crippen molar-refractivity contribution in [2.75, 3.05) is 6.54 Å². The number of carboxylic acid groups (broad SMARTS) is 1. The molecule has 5 N–H and O–H groups in total. The summed E-state index contributed by atoms with van der Waals surface area (Å²) in [7, 11) is 0. The van der Waals surface area contributed by atoms with Crippen LogP contribution >= 0.6 is 24.8 Å². The molecule has 6 heteroatoms. The topological polar surface area (TPSA) is 89.3 Å². The molecule has 0 amide bonds. The summed E-state index contributed by atoms with van der Waals surface area (Å²) in [6.45, 7) is 0.430. The van der Waals surface area contributed by atoms with Crippen molar-refractivity contribution in [3.8, 4) is 0 Å². The van der Waals surface area contributed by atoms with Crippen molar-refractivity contribution in [2.45, 2.75) is 25.3 Å². The first-order valence-corrected chi connectivity index (χ1v) is 3.34. The molecule has 0 saturated carbocycles. The van der Waals surface area contributed by atoms with Crippen molar-refractivity contribution in [3.63, 3.8) is 0 Å². The summed E-state index contributed by atoms with van der Waals surface area (Å²) in [5.41, 5.74) is 10.7. The minimum absolute atomic E-state index is 0. The highest BCUT2D eigenvalue weighted by Gasteiger charge is 2.01. The van der Waals surface area contributed by atoms with E-state index in [-0.39, 0.29) is 37.3 Å². The lowest BCUT2D eigenvalue weighted by atomic mass is 10.1. The van der Waals surface area contributed by atoms with Crippen molar-refractivity contribution >= 4 is 30.8 Å². The number of carbonyl (C=O) groups is 1. The van der Waals surface area contributed by atoms with Crippen molar-refractivity contribution in [1.29, 1.82) is 0 Å². The molecule has 0 aliphatic heterocycles. The fraction of sp³-hybridized carbons (Fsp3) is 0.833. The van der Waals surface area contributed by atoms with Crippen LogP contribution in [0.3, 0.4) is 0 Å². The molecule has 0 saturated heterocycles. The molecule has 0 aromatic heterocycles. The van der Waals surface area contributed by atoms with E-state index in [1.54, 1.807) is 0 Å². The van der Waals surface area contributed by atoms with E-state index in [1.165, 1.54) is 0 Å². The van der Waals surface area contributed by atoms with E-state index in [4.69, 9.17) is 16.6 Å². The number of nitrogens with two attached hydrogens (primary N) is 2. The summed E-state index contributed by atoms with van der Waals surface area (Å²) in [5, 5.41) is 8.23. The third-order valence-corrected chi connectivity index (χ3v) is 1.27. The molecule has 0 unspecified atom stereocenters. The third kappa shape index (κ3) is 12.6. The lowest BCUT2D eigenvalue weighted by Gasteiger charge is -2.05. The molecular weight excluding hydrogens is 203 g/mol. The van der Waals surface area contributed by atoms with Crippen LogP contribution in [0.4, 0.5) is 0 Å². The number of aliphatic carboxylic acids is 1. The van der Waals surface area contributed by atoms with Crippen LogP contribution in [0.25, 0.3) is 0 Å². The normalized spacial score (nSPS) is 10.8. The Morgan fingerprint density at radius 2 is 1.92 bits per heavy atom. The number of halogens is 2. The van der Waals surface area contributed by atoms with Crippen molar-refractivity contribution in [1.82, 2.24) is 0 Å². The Hall–Kier alpha value is -0.0300. The van der Waals surface area contributed by atoms with Crippen LogP contribution in [0.1, 0.15) is 19.3 Å². The second-order valence-corrected chi connectivity index (χ2v) is 2.28. The van der Waals surface area contributed by atoms with Gasteiger partial charge in [-0.05, 0) is 12.8 Å². The highest BCUT2D eigenvalue weighted by molar-refractivity contribution is 5.85.